The topological polar surface area (TPSA) is 49.5 Å². The molecule has 0 atom stereocenters. The minimum Gasteiger partial charge on any atom is -0.399 e. The summed E-state index contributed by atoms with van der Waals surface area (Å²) in [4.78, 5) is 1.73. The van der Waals surface area contributed by atoms with E-state index in [9.17, 15) is 13.9 Å². The monoisotopic (exact) mass is 292 g/mol. The van der Waals surface area contributed by atoms with Crippen LogP contribution in [0.3, 0.4) is 0 Å². The maximum atomic E-state index is 13.2. The van der Waals surface area contributed by atoms with Crippen molar-refractivity contribution in [2.24, 2.45) is 0 Å². The van der Waals surface area contributed by atoms with Crippen LogP contribution >= 0.6 is 0 Å². The van der Waals surface area contributed by atoms with Crippen molar-refractivity contribution in [3.8, 4) is 0 Å². The van der Waals surface area contributed by atoms with Crippen molar-refractivity contribution in [2.75, 3.05) is 23.8 Å². The summed E-state index contributed by atoms with van der Waals surface area (Å²) in [6, 6.07) is 14.0. The zero-order valence-corrected chi connectivity index (χ0v) is 11.5. The molecule has 0 aliphatic heterocycles. The van der Waals surface area contributed by atoms with Gasteiger partial charge in [0, 0.05) is 30.0 Å². The van der Waals surface area contributed by atoms with Gasteiger partial charge in [-0.05, 0) is 23.8 Å². The number of alkyl halides is 2. The van der Waals surface area contributed by atoms with E-state index < -0.39 is 6.43 Å². The summed E-state index contributed by atoms with van der Waals surface area (Å²) in [6.07, 6.45) is -2.61. The van der Waals surface area contributed by atoms with Crippen molar-refractivity contribution in [3.05, 3.63) is 59.7 Å². The van der Waals surface area contributed by atoms with E-state index in [1.165, 1.54) is 6.07 Å². The number of aliphatic hydroxyl groups is 1. The Morgan fingerprint density at radius 3 is 2.43 bits per heavy atom. The van der Waals surface area contributed by atoms with Gasteiger partial charge >= 0.3 is 0 Å². The minimum atomic E-state index is -2.61. The predicted molar refractivity (Wildman–Crippen MR) is 80.4 cm³/mol. The molecule has 0 aromatic heterocycles. The molecule has 0 fully saturated rings. The fourth-order valence-corrected chi connectivity index (χ4v) is 2.24. The van der Waals surface area contributed by atoms with Crippen molar-refractivity contribution < 1.29 is 13.9 Å². The summed E-state index contributed by atoms with van der Waals surface area (Å²) >= 11 is 0. The summed E-state index contributed by atoms with van der Waals surface area (Å²) in [5, 5.41) is 9.21. The molecule has 2 aromatic rings. The number of benzene rings is 2. The van der Waals surface area contributed by atoms with E-state index in [-0.39, 0.29) is 18.7 Å². The lowest BCUT2D eigenvalue weighted by molar-refractivity contribution is 0.151. The largest absolute Gasteiger partial charge is 0.399 e. The lowest BCUT2D eigenvalue weighted by atomic mass is 10.1. The van der Waals surface area contributed by atoms with Crippen molar-refractivity contribution >= 4 is 11.4 Å². The summed E-state index contributed by atoms with van der Waals surface area (Å²) in [5.74, 6) is 0. The van der Waals surface area contributed by atoms with Crippen LogP contribution in [0.1, 0.15) is 17.6 Å². The molecule has 3 nitrogen and oxygen atoms in total. The maximum Gasteiger partial charge on any atom is 0.265 e. The molecule has 112 valence electrons. The van der Waals surface area contributed by atoms with Crippen LogP contribution in [0, 0.1) is 0 Å². The van der Waals surface area contributed by atoms with Crippen LogP contribution in [0.5, 0.6) is 0 Å². The first-order valence-corrected chi connectivity index (χ1v) is 6.69. The molecule has 0 amide bonds. The zero-order chi connectivity index (χ0) is 15.2. The van der Waals surface area contributed by atoms with Gasteiger partial charge in [-0.25, -0.2) is 8.78 Å². The van der Waals surface area contributed by atoms with Crippen molar-refractivity contribution in [1.82, 2.24) is 0 Å². The molecular formula is C16H18F2N2O. The summed E-state index contributed by atoms with van der Waals surface area (Å²) in [7, 11) is 0. The van der Waals surface area contributed by atoms with Gasteiger partial charge in [-0.15, -0.1) is 0 Å². The highest BCUT2D eigenvalue weighted by molar-refractivity contribution is 5.60. The summed E-state index contributed by atoms with van der Waals surface area (Å²) < 4.78 is 26.4. The number of nitrogens with two attached hydrogens (primary N) is 1. The van der Waals surface area contributed by atoms with Crippen molar-refractivity contribution in [1.29, 1.82) is 0 Å². The van der Waals surface area contributed by atoms with Crippen LogP contribution in [-0.4, -0.2) is 18.3 Å². The molecule has 0 bridgehead atoms. The highest BCUT2D eigenvalue weighted by Gasteiger charge is 2.18. The van der Waals surface area contributed by atoms with Crippen LogP contribution < -0.4 is 10.6 Å². The van der Waals surface area contributed by atoms with E-state index in [0.717, 1.165) is 5.56 Å². The Bertz CT molecular complexity index is 576. The molecule has 0 aliphatic carbocycles. The third kappa shape index (κ3) is 3.92. The lowest BCUT2D eigenvalue weighted by Crippen LogP contribution is -2.27. The maximum absolute atomic E-state index is 13.2. The molecule has 21 heavy (non-hydrogen) atoms. The van der Waals surface area contributed by atoms with E-state index in [4.69, 9.17) is 5.73 Å². The second-order valence-corrected chi connectivity index (χ2v) is 4.75. The van der Waals surface area contributed by atoms with E-state index in [1.54, 1.807) is 17.0 Å². The average molecular weight is 292 g/mol. The molecule has 2 aromatic carbocycles. The van der Waals surface area contributed by atoms with Gasteiger partial charge in [0.05, 0.1) is 6.61 Å². The number of hydrogen-bond acceptors (Lipinski definition) is 3. The molecule has 2 rings (SSSR count). The first-order valence-electron chi connectivity index (χ1n) is 6.69. The van der Waals surface area contributed by atoms with Crippen molar-refractivity contribution in [3.63, 3.8) is 0 Å². The molecule has 0 unspecified atom stereocenters. The van der Waals surface area contributed by atoms with Gasteiger partial charge < -0.3 is 15.7 Å². The second-order valence-electron chi connectivity index (χ2n) is 4.75. The average Bonchev–Trinajstić information content (AvgIpc) is 2.48. The Labute approximate surface area is 122 Å². The van der Waals surface area contributed by atoms with Crippen LogP contribution in [-0.2, 0) is 6.54 Å². The van der Waals surface area contributed by atoms with E-state index in [2.05, 4.69) is 0 Å². The number of aliphatic hydroxyl groups excluding tert-OH is 1. The van der Waals surface area contributed by atoms with E-state index in [1.807, 2.05) is 30.3 Å². The van der Waals surface area contributed by atoms with Crippen molar-refractivity contribution in [2.45, 2.75) is 13.0 Å². The fraction of sp³-hybridized carbons (Fsp3) is 0.250. The quantitative estimate of drug-likeness (QED) is 0.804. The number of rotatable bonds is 6. The van der Waals surface area contributed by atoms with Crippen LogP contribution in [0.25, 0.3) is 0 Å². The Hall–Kier alpha value is -2.14. The number of anilines is 2. The highest BCUT2D eigenvalue weighted by atomic mass is 19.3. The zero-order valence-electron chi connectivity index (χ0n) is 11.5. The fourth-order valence-electron chi connectivity index (χ4n) is 2.24. The van der Waals surface area contributed by atoms with Gasteiger partial charge in [-0.1, -0.05) is 30.3 Å². The molecule has 0 heterocycles. The summed E-state index contributed by atoms with van der Waals surface area (Å²) in [5.41, 5.74) is 7.17. The molecule has 0 saturated carbocycles. The smallest absolute Gasteiger partial charge is 0.265 e. The normalized spacial score (nSPS) is 10.9. The third-order valence-electron chi connectivity index (χ3n) is 3.21. The van der Waals surface area contributed by atoms with Gasteiger partial charge in [0.2, 0.25) is 0 Å². The lowest BCUT2D eigenvalue weighted by Gasteiger charge is -2.26. The molecular weight excluding hydrogens is 274 g/mol. The van der Waals surface area contributed by atoms with E-state index in [0.29, 0.717) is 17.9 Å². The molecule has 3 N–H and O–H groups in total. The van der Waals surface area contributed by atoms with Crippen LogP contribution in [0.2, 0.25) is 0 Å². The Morgan fingerprint density at radius 2 is 1.81 bits per heavy atom. The minimum absolute atomic E-state index is 0.111. The molecule has 5 heteroatoms. The first-order chi connectivity index (χ1) is 10.1. The Morgan fingerprint density at radius 1 is 1.10 bits per heavy atom. The SMILES string of the molecule is Nc1ccc(N(CCO)Cc2ccccc2)c(C(F)F)c1. The van der Waals surface area contributed by atoms with Gasteiger partial charge in [0.15, 0.2) is 0 Å². The van der Waals surface area contributed by atoms with Gasteiger partial charge in [-0.2, -0.15) is 0 Å². The number of nitrogens with zero attached hydrogens (tertiary/aromatic N) is 1. The molecule has 0 spiro atoms. The van der Waals surface area contributed by atoms with Crippen LogP contribution in [0.15, 0.2) is 48.5 Å². The molecule has 0 aliphatic rings. The number of halogens is 2. The summed E-state index contributed by atoms with van der Waals surface area (Å²) in [6.45, 7) is 0.615. The van der Waals surface area contributed by atoms with Gasteiger partial charge in [0.25, 0.3) is 6.43 Å². The molecule has 0 radical (unpaired) electrons. The number of nitrogen functional groups attached to an aromatic ring is 1. The molecule has 0 saturated heterocycles. The van der Waals surface area contributed by atoms with Gasteiger partial charge in [-0.3, -0.25) is 0 Å². The van der Waals surface area contributed by atoms with Gasteiger partial charge in [0.1, 0.15) is 0 Å². The first kappa shape index (κ1) is 15.3. The number of hydrogen-bond donors (Lipinski definition) is 2. The standard InChI is InChI=1S/C16H18F2N2O/c17-16(18)14-10-13(19)6-7-15(14)20(8-9-21)11-12-4-2-1-3-5-12/h1-7,10,16,21H,8-9,11,19H2. The second kappa shape index (κ2) is 7.04. The Balaban J connectivity index is 2.34. The predicted octanol–water partition coefficient (Wildman–Crippen LogP) is 3.21. The highest BCUT2D eigenvalue weighted by Crippen LogP contribution is 2.32. The van der Waals surface area contributed by atoms with Crippen LogP contribution in [0.4, 0.5) is 20.2 Å². The van der Waals surface area contributed by atoms with E-state index >= 15 is 0 Å². The third-order valence-corrected chi connectivity index (χ3v) is 3.21. The Kier molecular flexibility index (Phi) is 5.11.